The van der Waals surface area contributed by atoms with E-state index in [1.165, 1.54) is 19.2 Å². The molecular formula is C10H9ClN2O5S. The predicted octanol–water partition coefficient (Wildman–Crippen LogP) is 1.34. The minimum atomic E-state index is -4.05. The van der Waals surface area contributed by atoms with Gasteiger partial charge in [-0.3, -0.25) is 4.79 Å². The number of hydrogen-bond acceptors (Lipinski definition) is 5. The van der Waals surface area contributed by atoms with Crippen molar-refractivity contribution in [1.82, 2.24) is 0 Å². The second-order valence-corrected chi connectivity index (χ2v) is 5.61. The number of aliphatic carboxylic acids is 1. The number of nitrogens with zero attached hydrogens (tertiary/aromatic N) is 1. The maximum atomic E-state index is 12.0. The standard InChI is InChI=1S/C10H9ClN2O5S/c1-18-6-3-2-5(11)9-10(6)19(16,17)13-7(12-9)4-8(14)15/h2-3H,4H2,1H3,(H,12,13)(H,14,15). The molecule has 0 amide bonds. The summed E-state index contributed by atoms with van der Waals surface area (Å²) < 4.78 is 32.4. The fourth-order valence-corrected chi connectivity index (χ4v) is 3.23. The lowest BCUT2D eigenvalue weighted by molar-refractivity contribution is -0.135. The third-order valence-corrected chi connectivity index (χ3v) is 4.06. The highest BCUT2D eigenvalue weighted by Gasteiger charge is 2.31. The second kappa shape index (κ2) is 4.71. The Morgan fingerprint density at radius 3 is 2.79 bits per heavy atom. The van der Waals surface area contributed by atoms with Gasteiger partial charge in [0, 0.05) is 0 Å². The van der Waals surface area contributed by atoms with Gasteiger partial charge in [0.25, 0.3) is 10.0 Å². The smallest absolute Gasteiger partial charge is 0.311 e. The van der Waals surface area contributed by atoms with Crippen molar-refractivity contribution in [3.8, 4) is 5.75 Å². The van der Waals surface area contributed by atoms with E-state index in [1.807, 2.05) is 0 Å². The predicted molar refractivity (Wildman–Crippen MR) is 68.5 cm³/mol. The molecule has 1 aromatic carbocycles. The number of carboxylic acid groups (broad SMARTS) is 1. The van der Waals surface area contributed by atoms with Gasteiger partial charge < -0.3 is 15.2 Å². The highest BCUT2D eigenvalue weighted by Crippen LogP contribution is 2.40. The summed E-state index contributed by atoms with van der Waals surface area (Å²) in [5.41, 5.74) is 0.0762. The van der Waals surface area contributed by atoms with Crippen LogP contribution in [0.2, 0.25) is 5.02 Å². The van der Waals surface area contributed by atoms with Gasteiger partial charge in [-0.15, -0.1) is 4.40 Å². The lowest BCUT2D eigenvalue weighted by atomic mass is 10.2. The van der Waals surface area contributed by atoms with E-state index in [1.54, 1.807) is 0 Å². The summed E-state index contributed by atoms with van der Waals surface area (Å²) in [6.45, 7) is 0. The maximum absolute atomic E-state index is 12.0. The molecular weight excluding hydrogens is 296 g/mol. The second-order valence-electron chi connectivity index (χ2n) is 3.66. The van der Waals surface area contributed by atoms with Crippen LogP contribution in [-0.4, -0.2) is 32.4 Å². The Hall–Kier alpha value is -1.80. The Kier molecular flexibility index (Phi) is 3.38. The average molecular weight is 305 g/mol. The van der Waals surface area contributed by atoms with E-state index in [0.717, 1.165) is 0 Å². The number of hydrogen-bond donors (Lipinski definition) is 2. The highest BCUT2D eigenvalue weighted by molar-refractivity contribution is 7.90. The molecule has 2 rings (SSSR count). The topological polar surface area (TPSA) is 105 Å². The molecule has 0 fully saturated rings. The van der Waals surface area contributed by atoms with E-state index in [0.29, 0.717) is 0 Å². The minimum Gasteiger partial charge on any atom is -0.495 e. The molecule has 0 radical (unpaired) electrons. The summed E-state index contributed by atoms with van der Waals surface area (Å²) in [7, 11) is -2.73. The number of benzene rings is 1. The number of rotatable bonds is 3. The molecule has 102 valence electrons. The molecule has 1 heterocycles. The van der Waals surface area contributed by atoms with Gasteiger partial charge in [0.15, 0.2) is 4.90 Å². The van der Waals surface area contributed by atoms with Crippen molar-refractivity contribution in [2.24, 2.45) is 4.40 Å². The zero-order valence-corrected chi connectivity index (χ0v) is 11.2. The van der Waals surface area contributed by atoms with Crippen molar-refractivity contribution < 1.29 is 23.1 Å². The van der Waals surface area contributed by atoms with Gasteiger partial charge in [0.2, 0.25) is 0 Å². The summed E-state index contributed by atoms with van der Waals surface area (Å²) in [4.78, 5) is 10.4. The van der Waals surface area contributed by atoms with Crippen LogP contribution in [0.15, 0.2) is 21.4 Å². The number of carbonyl (C=O) groups is 1. The molecule has 7 nitrogen and oxygen atoms in total. The highest BCUT2D eigenvalue weighted by atomic mass is 35.5. The van der Waals surface area contributed by atoms with Crippen molar-refractivity contribution in [2.75, 3.05) is 12.4 Å². The normalized spacial score (nSPS) is 16.0. The average Bonchev–Trinajstić information content (AvgIpc) is 2.28. The van der Waals surface area contributed by atoms with Gasteiger partial charge in [-0.05, 0) is 12.1 Å². The summed E-state index contributed by atoms with van der Waals surface area (Å²) >= 11 is 5.92. The molecule has 2 N–H and O–H groups in total. The van der Waals surface area contributed by atoms with Crippen LogP contribution in [0.1, 0.15) is 6.42 Å². The molecule has 0 atom stereocenters. The molecule has 0 spiro atoms. The molecule has 1 aliphatic rings. The molecule has 19 heavy (non-hydrogen) atoms. The van der Waals surface area contributed by atoms with Gasteiger partial charge in [-0.25, -0.2) is 0 Å². The molecule has 0 aromatic heterocycles. The van der Waals surface area contributed by atoms with E-state index in [4.69, 9.17) is 21.4 Å². The van der Waals surface area contributed by atoms with Crippen LogP contribution in [0.25, 0.3) is 0 Å². The van der Waals surface area contributed by atoms with Crippen molar-refractivity contribution in [3.05, 3.63) is 17.2 Å². The molecule has 0 unspecified atom stereocenters. The number of halogens is 1. The zero-order valence-electron chi connectivity index (χ0n) is 9.68. The first kappa shape index (κ1) is 13.6. The number of amidine groups is 1. The van der Waals surface area contributed by atoms with Crippen LogP contribution in [-0.2, 0) is 14.8 Å². The lowest BCUT2D eigenvalue weighted by Gasteiger charge is -2.20. The maximum Gasteiger partial charge on any atom is 0.311 e. The fourth-order valence-electron chi connectivity index (χ4n) is 1.65. The van der Waals surface area contributed by atoms with Crippen LogP contribution >= 0.6 is 11.6 Å². The number of methoxy groups -OCH3 is 1. The van der Waals surface area contributed by atoms with Gasteiger partial charge in [-0.2, -0.15) is 8.42 Å². The van der Waals surface area contributed by atoms with Gasteiger partial charge in [0.1, 0.15) is 18.0 Å². The molecule has 0 saturated carbocycles. The Morgan fingerprint density at radius 2 is 2.21 bits per heavy atom. The SMILES string of the molecule is COc1ccc(Cl)c2c1S(=O)(=O)N=C(CC(=O)O)N2. The minimum absolute atomic E-state index is 0.0762. The van der Waals surface area contributed by atoms with Crippen molar-refractivity contribution in [2.45, 2.75) is 11.3 Å². The molecule has 1 aliphatic heterocycles. The molecule has 0 saturated heterocycles. The number of ether oxygens (including phenoxy) is 1. The summed E-state index contributed by atoms with van der Waals surface area (Å²) in [5.74, 6) is -1.32. The Labute approximate surface area is 113 Å². The number of sulfonamides is 1. The van der Waals surface area contributed by atoms with E-state index in [2.05, 4.69) is 9.71 Å². The fraction of sp³-hybridized carbons (Fsp3) is 0.200. The van der Waals surface area contributed by atoms with Crippen LogP contribution in [0.5, 0.6) is 5.75 Å². The third-order valence-electron chi connectivity index (χ3n) is 2.37. The van der Waals surface area contributed by atoms with Crippen LogP contribution < -0.4 is 10.1 Å². The number of nitrogens with one attached hydrogen (secondary N) is 1. The summed E-state index contributed by atoms with van der Waals surface area (Å²) in [5, 5.41) is 11.4. The first-order chi connectivity index (χ1) is 8.85. The molecule has 0 aliphatic carbocycles. The monoisotopic (exact) mass is 304 g/mol. The van der Waals surface area contributed by atoms with E-state index < -0.39 is 22.4 Å². The van der Waals surface area contributed by atoms with E-state index in [-0.39, 0.29) is 27.2 Å². The molecule has 9 heteroatoms. The number of carboxylic acids is 1. The summed E-state index contributed by atoms with van der Waals surface area (Å²) in [6, 6.07) is 2.85. The Morgan fingerprint density at radius 1 is 1.53 bits per heavy atom. The lowest BCUT2D eigenvalue weighted by Crippen LogP contribution is -2.24. The third kappa shape index (κ3) is 2.49. The Balaban J connectivity index is 2.63. The van der Waals surface area contributed by atoms with Crippen LogP contribution in [0.3, 0.4) is 0 Å². The van der Waals surface area contributed by atoms with Crippen molar-refractivity contribution in [3.63, 3.8) is 0 Å². The van der Waals surface area contributed by atoms with Gasteiger partial charge in [0.05, 0.1) is 17.8 Å². The van der Waals surface area contributed by atoms with Gasteiger partial charge in [-0.1, -0.05) is 11.6 Å². The van der Waals surface area contributed by atoms with Crippen LogP contribution in [0, 0.1) is 0 Å². The van der Waals surface area contributed by atoms with Gasteiger partial charge >= 0.3 is 5.97 Å². The van der Waals surface area contributed by atoms with Crippen molar-refractivity contribution >= 4 is 39.1 Å². The largest absolute Gasteiger partial charge is 0.495 e. The molecule has 1 aromatic rings. The number of anilines is 1. The summed E-state index contributed by atoms with van der Waals surface area (Å²) in [6.07, 6.45) is -0.549. The Bertz CT molecular complexity index is 683. The van der Waals surface area contributed by atoms with E-state index >= 15 is 0 Å². The first-order valence-corrected chi connectivity index (χ1v) is 6.86. The zero-order chi connectivity index (χ0) is 14.2. The van der Waals surface area contributed by atoms with Crippen molar-refractivity contribution in [1.29, 1.82) is 0 Å². The van der Waals surface area contributed by atoms with E-state index in [9.17, 15) is 13.2 Å². The molecule has 0 bridgehead atoms. The van der Waals surface area contributed by atoms with Crippen LogP contribution in [0.4, 0.5) is 5.69 Å². The quantitative estimate of drug-likeness (QED) is 0.873. The number of fused-ring (bicyclic) bond motifs is 1. The first-order valence-electron chi connectivity index (χ1n) is 5.04.